The Morgan fingerprint density at radius 2 is 2.06 bits per heavy atom. The summed E-state index contributed by atoms with van der Waals surface area (Å²) >= 11 is 0. The van der Waals surface area contributed by atoms with Gasteiger partial charge in [0.15, 0.2) is 0 Å². The van der Waals surface area contributed by atoms with Crippen molar-refractivity contribution in [2.24, 2.45) is 0 Å². The van der Waals surface area contributed by atoms with Crippen LogP contribution < -0.4 is 0 Å². The number of hydrogen-bond donors (Lipinski definition) is 2. The first-order chi connectivity index (χ1) is 8.60. The third kappa shape index (κ3) is 2.73. The number of morpholine rings is 1. The quantitative estimate of drug-likeness (QED) is 0.832. The maximum Gasteiger partial charge on any atom is 0.254 e. The molecule has 5 heteroatoms. The minimum absolute atomic E-state index is 0.0635. The number of carbonyl (C=O) groups excluding carboxylic acids is 1. The molecule has 0 spiro atoms. The third-order valence-electron chi connectivity index (χ3n) is 3.03. The van der Waals surface area contributed by atoms with Crippen molar-refractivity contribution in [2.75, 3.05) is 19.7 Å². The number of ether oxygens (including phenoxy) is 1. The lowest BCUT2D eigenvalue weighted by Crippen LogP contribution is -2.45. The summed E-state index contributed by atoms with van der Waals surface area (Å²) in [5.74, 6) is -0.416. The van der Waals surface area contributed by atoms with Crippen LogP contribution in [0.25, 0.3) is 0 Å². The Balaban J connectivity index is 2.15. The molecule has 18 heavy (non-hydrogen) atoms. The number of carbonyl (C=O) groups is 1. The molecule has 2 rings (SSSR count). The monoisotopic (exact) mass is 251 g/mol. The highest BCUT2D eigenvalue weighted by Crippen LogP contribution is 2.22. The lowest BCUT2D eigenvalue weighted by molar-refractivity contribution is -0.0226. The predicted molar refractivity (Wildman–Crippen MR) is 65.7 cm³/mol. The molecule has 0 radical (unpaired) electrons. The summed E-state index contributed by atoms with van der Waals surface area (Å²) in [6.07, 6.45) is 0.920. The van der Waals surface area contributed by atoms with Gasteiger partial charge in [-0.1, -0.05) is 6.92 Å². The molecular formula is C13H17NO4. The van der Waals surface area contributed by atoms with Crippen molar-refractivity contribution in [3.63, 3.8) is 0 Å². The van der Waals surface area contributed by atoms with E-state index in [1.54, 1.807) is 4.90 Å². The molecule has 1 atom stereocenters. The lowest BCUT2D eigenvalue weighted by Gasteiger charge is -2.32. The van der Waals surface area contributed by atoms with E-state index in [2.05, 4.69) is 0 Å². The van der Waals surface area contributed by atoms with Gasteiger partial charge in [-0.2, -0.15) is 0 Å². The Bertz CT molecular complexity index is 426. The zero-order valence-electron chi connectivity index (χ0n) is 10.3. The van der Waals surface area contributed by atoms with Crippen LogP contribution in [0.1, 0.15) is 23.7 Å². The van der Waals surface area contributed by atoms with Crippen molar-refractivity contribution < 1.29 is 19.7 Å². The van der Waals surface area contributed by atoms with Gasteiger partial charge in [-0.25, -0.2) is 0 Å². The summed E-state index contributed by atoms with van der Waals surface area (Å²) in [6, 6.07) is 3.92. The second-order valence-corrected chi connectivity index (χ2v) is 4.39. The molecule has 1 aliphatic rings. The predicted octanol–water partition coefficient (Wildman–Crippen LogP) is 1.35. The highest BCUT2D eigenvalue weighted by atomic mass is 16.5. The smallest absolute Gasteiger partial charge is 0.254 e. The molecule has 0 aliphatic carbocycles. The normalized spacial score (nSPS) is 19.8. The van der Waals surface area contributed by atoms with Crippen LogP contribution in [-0.4, -0.2) is 46.8 Å². The molecule has 1 aromatic rings. The number of rotatable bonds is 2. The highest BCUT2D eigenvalue weighted by molar-refractivity contribution is 5.95. The molecule has 2 N–H and O–H groups in total. The molecule has 1 unspecified atom stereocenters. The number of nitrogens with zero attached hydrogens (tertiary/aromatic N) is 1. The van der Waals surface area contributed by atoms with Crippen LogP contribution in [0.15, 0.2) is 18.2 Å². The number of amides is 1. The van der Waals surface area contributed by atoms with Crippen molar-refractivity contribution in [1.29, 1.82) is 0 Å². The van der Waals surface area contributed by atoms with Gasteiger partial charge in [0.05, 0.1) is 12.7 Å². The van der Waals surface area contributed by atoms with Crippen molar-refractivity contribution in [3.05, 3.63) is 23.8 Å². The average molecular weight is 251 g/mol. The van der Waals surface area contributed by atoms with Gasteiger partial charge in [0.25, 0.3) is 5.91 Å². The van der Waals surface area contributed by atoms with Gasteiger partial charge in [0, 0.05) is 24.7 Å². The Labute approximate surface area is 106 Å². The highest BCUT2D eigenvalue weighted by Gasteiger charge is 2.24. The molecular weight excluding hydrogens is 234 g/mol. The maximum atomic E-state index is 12.2. The van der Waals surface area contributed by atoms with E-state index in [4.69, 9.17) is 4.74 Å². The maximum absolute atomic E-state index is 12.2. The minimum atomic E-state index is -0.192. The summed E-state index contributed by atoms with van der Waals surface area (Å²) in [4.78, 5) is 13.9. The van der Waals surface area contributed by atoms with Gasteiger partial charge in [-0.3, -0.25) is 4.79 Å². The molecule has 1 saturated heterocycles. The fraction of sp³-hybridized carbons (Fsp3) is 0.462. The third-order valence-corrected chi connectivity index (χ3v) is 3.03. The Hall–Kier alpha value is -1.75. The molecule has 1 heterocycles. The largest absolute Gasteiger partial charge is 0.508 e. The number of phenolic OH excluding ortho intramolecular Hbond substituents is 2. The molecule has 98 valence electrons. The van der Waals surface area contributed by atoms with Gasteiger partial charge in [-0.15, -0.1) is 0 Å². The summed E-state index contributed by atoms with van der Waals surface area (Å²) in [7, 11) is 0. The summed E-state index contributed by atoms with van der Waals surface area (Å²) in [5.41, 5.74) is 0.296. The number of benzene rings is 1. The van der Waals surface area contributed by atoms with Crippen molar-refractivity contribution in [3.8, 4) is 11.5 Å². The molecule has 1 aromatic carbocycles. The van der Waals surface area contributed by atoms with E-state index in [0.717, 1.165) is 6.42 Å². The van der Waals surface area contributed by atoms with Gasteiger partial charge < -0.3 is 19.8 Å². The van der Waals surface area contributed by atoms with Gasteiger partial charge in [-0.05, 0) is 18.6 Å². The van der Waals surface area contributed by atoms with Crippen LogP contribution in [0.2, 0.25) is 0 Å². The average Bonchev–Trinajstić information content (AvgIpc) is 2.37. The summed E-state index contributed by atoms with van der Waals surface area (Å²) in [5, 5.41) is 18.8. The zero-order chi connectivity index (χ0) is 13.1. The van der Waals surface area contributed by atoms with Crippen molar-refractivity contribution in [1.82, 2.24) is 4.90 Å². The molecule has 1 fully saturated rings. The van der Waals surface area contributed by atoms with Crippen LogP contribution in [-0.2, 0) is 4.74 Å². The Morgan fingerprint density at radius 1 is 1.39 bits per heavy atom. The lowest BCUT2D eigenvalue weighted by atomic mass is 10.1. The van der Waals surface area contributed by atoms with E-state index in [-0.39, 0.29) is 23.5 Å². The fourth-order valence-corrected chi connectivity index (χ4v) is 2.05. The van der Waals surface area contributed by atoms with Gasteiger partial charge in [0.1, 0.15) is 11.5 Å². The molecule has 5 nitrogen and oxygen atoms in total. The summed E-state index contributed by atoms with van der Waals surface area (Å²) in [6.45, 7) is 3.62. The number of phenols is 2. The molecule has 0 bridgehead atoms. The first-order valence-corrected chi connectivity index (χ1v) is 6.04. The van der Waals surface area contributed by atoms with E-state index >= 15 is 0 Å². The van der Waals surface area contributed by atoms with Crippen LogP contribution in [0.4, 0.5) is 0 Å². The molecule has 1 aliphatic heterocycles. The fourth-order valence-electron chi connectivity index (χ4n) is 2.05. The van der Waals surface area contributed by atoms with Crippen LogP contribution in [0.3, 0.4) is 0 Å². The first kappa shape index (κ1) is 12.7. The number of hydrogen-bond acceptors (Lipinski definition) is 4. The molecule has 0 saturated carbocycles. The summed E-state index contributed by atoms with van der Waals surface area (Å²) < 4.78 is 5.50. The van der Waals surface area contributed by atoms with Gasteiger partial charge in [0.2, 0.25) is 0 Å². The Morgan fingerprint density at radius 3 is 2.67 bits per heavy atom. The Kier molecular flexibility index (Phi) is 3.72. The van der Waals surface area contributed by atoms with E-state index in [0.29, 0.717) is 25.3 Å². The number of aromatic hydroxyl groups is 2. The first-order valence-electron chi connectivity index (χ1n) is 6.04. The van der Waals surface area contributed by atoms with E-state index in [1.807, 2.05) is 6.92 Å². The van der Waals surface area contributed by atoms with Gasteiger partial charge >= 0.3 is 0 Å². The SMILES string of the molecule is CCC1CN(C(=O)c2cc(O)cc(O)c2)CCO1. The minimum Gasteiger partial charge on any atom is -0.508 e. The second kappa shape index (κ2) is 5.27. The van der Waals surface area contributed by atoms with Crippen LogP contribution in [0.5, 0.6) is 11.5 Å². The topological polar surface area (TPSA) is 70.0 Å². The standard InChI is InChI=1S/C13H17NO4/c1-2-12-8-14(3-4-18-12)13(17)9-5-10(15)7-11(16)6-9/h5-7,12,15-16H,2-4,8H2,1H3. The van der Waals surface area contributed by atoms with Crippen molar-refractivity contribution >= 4 is 5.91 Å². The van der Waals surface area contributed by atoms with Crippen molar-refractivity contribution in [2.45, 2.75) is 19.4 Å². The zero-order valence-corrected chi connectivity index (χ0v) is 10.3. The van der Waals surface area contributed by atoms with Crippen LogP contribution >= 0.6 is 0 Å². The molecule has 1 amide bonds. The molecule has 0 aromatic heterocycles. The van der Waals surface area contributed by atoms with E-state index in [9.17, 15) is 15.0 Å². The second-order valence-electron chi connectivity index (χ2n) is 4.39. The van der Waals surface area contributed by atoms with E-state index in [1.165, 1.54) is 18.2 Å². The van der Waals surface area contributed by atoms with E-state index < -0.39 is 0 Å². The van der Waals surface area contributed by atoms with Crippen LogP contribution in [0, 0.1) is 0 Å².